The number of phenolic OH excluding ortho intramolecular Hbond substituents is 1. The van der Waals surface area contributed by atoms with Crippen molar-refractivity contribution in [3.8, 4) is 28.6 Å². The molecule has 1 N–H and O–H groups in total. The van der Waals surface area contributed by atoms with Crippen LogP contribution in [0.2, 0.25) is 0 Å². The largest absolute Gasteiger partial charge is 0.508 e. The van der Waals surface area contributed by atoms with Crippen LogP contribution in [0.3, 0.4) is 0 Å². The lowest BCUT2D eigenvalue weighted by molar-refractivity contribution is 0.431. The zero-order valence-electron chi connectivity index (χ0n) is 11.0. The van der Waals surface area contributed by atoms with Gasteiger partial charge in [-0.2, -0.15) is 4.98 Å². The molecule has 0 unspecified atom stereocenters. The molecular formula is C15H10F2N2O2. The number of halogens is 2. The molecule has 106 valence electrons. The van der Waals surface area contributed by atoms with Gasteiger partial charge in [0.1, 0.15) is 5.75 Å². The highest BCUT2D eigenvalue weighted by atomic mass is 19.2. The van der Waals surface area contributed by atoms with Crippen molar-refractivity contribution in [3.05, 3.63) is 53.6 Å². The van der Waals surface area contributed by atoms with Crippen LogP contribution in [0.15, 0.2) is 40.9 Å². The third-order valence-electron chi connectivity index (χ3n) is 3.06. The highest BCUT2D eigenvalue weighted by Gasteiger charge is 2.13. The Hall–Kier alpha value is -2.76. The SMILES string of the molecule is Cc1ccc(-c2nc(-c3ccc(F)c(F)c3)no2)cc1O. The van der Waals surface area contributed by atoms with Crippen molar-refractivity contribution in [2.24, 2.45) is 0 Å². The molecule has 6 heteroatoms. The molecule has 0 aliphatic heterocycles. The minimum absolute atomic E-state index is 0.111. The van der Waals surface area contributed by atoms with Crippen LogP contribution in [0.1, 0.15) is 5.56 Å². The van der Waals surface area contributed by atoms with Crippen molar-refractivity contribution in [2.45, 2.75) is 6.92 Å². The molecule has 4 nitrogen and oxygen atoms in total. The number of aryl methyl sites for hydroxylation is 1. The number of benzene rings is 2. The summed E-state index contributed by atoms with van der Waals surface area (Å²) >= 11 is 0. The third kappa shape index (κ3) is 2.47. The summed E-state index contributed by atoms with van der Waals surface area (Å²) in [5, 5.41) is 13.4. The molecule has 21 heavy (non-hydrogen) atoms. The highest BCUT2D eigenvalue weighted by Crippen LogP contribution is 2.27. The Morgan fingerprint density at radius 1 is 1.00 bits per heavy atom. The molecule has 0 amide bonds. The number of aromatic nitrogens is 2. The summed E-state index contributed by atoms with van der Waals surface area (Å²) in [5.41, 5.74) is 1.57. The van der Waals surface area contributed by atoms with Crippen molar-refractivity contribution < 1.29 is 18.4 Å². The minimum atomic E-state index is -0.980. The van der Waals surface area contributed by atoms with E-state index in [1.54, 1.807) is 19.1 Å². The Morgan fingerprint density at radius 3 is 2.48 bits per heavy atom. The number of phenols is 1. The van der Waals surface area contributed by atoms with E-state index < -0.39 is 11.6 Å². The van der Waals surface area contributed by atoms with Gasteiger partial charge in [0.2, 0.25) is 5.82 Å². The van der Waals surface area contributed by atoms with Crippen LogP contribution in [0, 0.1) is 18.6 Å². The van der Waals surface area contributed by atoms with E-state index >= 15 is 0 Å². The summed E-state index contributed by atoms with van der Waals surface area (Å²) < 4.78 is 31.2. The summed E-state index contributed by atoms with van der Waals surface area (Å²) in [6.45, 7) is 1.76. The standard InChI is InChI=1S/C15H10F2N2O2/c1-8-2-3-10(7-13(8)20)15-18-14(19-21-15)9-4-5-11(16)12(17)6-9/h2-7,20H,1H3. The van der Waals surface area contributed by atoms with Gasteiger partial charge in [-0.1, -0.05) is 11.2 Å². The topological polar surface area (TPSA) is 59.2 Å². The van der Waals surface area contributed by atoms with Crippen LogP contribution in [0.25, 0.3) is 22.8 Å². The van der Waals surface area contributed by atoms with Gasteiger partial charge in [-0.05, 0) is 42.8 Å². The number of hydrogen-bond acceptors (Lipinski definition) is 4. The summed E-state index contributed by atoms with van der Waals surface area (Å²) in [4.78, 5) is 4.11. The Morgan fingerprint density at radius 2 is 1.76 bits per heavy atom. The lowest BCUT2D eigenvalue weighted by atomic mass is 10.1. The van der Waals surface area contributed by atoms with E-state index in [1.165, 1.54) is 12.1 Å². The molecule has 0 atom stereocenters. The third-order valence-corrected chi connectivity index (χ3v) is 3.06. The van der Waals surface area contributed by atoms with Gasteiger partial charge in [0.25, 0.3) is 5.89 Å². The van der Waals surface area contributed by atoms with Crippen LogP contribution < -0.4 is 0 Å². The summed E-state index contributed by atoms with van der Waals surface area (Å²) in [6.07, 6.45) is 0. The molecular weight excluding hydrogens is 278 g/mol. The van der Waals surface area contributed by atoms with Crippen molar-refractivity contribution >= 4 is 0 Å². The lowest BCUT2D eigenvalue weighted by Gasteiger charge is -1.99. The van der Waals surface area contributed by atoms with Gasteiger partial charge in [0, 0.05) is 11.1 Å². The first-order valence-electron chi connectivity index (χ1n) is 6.14. The number of nitrogens with zero attached hydrogens (tertiary/aromatic N) is 2. The van der Waals surface area contributed by atoms with E-state index in [0.717, 1.165) is 17.7 Å². The number of hydrogen-bond donors (Lipinski definition) is 1. The molecule has 1 aromatic heterocycles. The molecule has 3 aromatic rings. The maximum atomic E-state index is 13.2. The second kappa shape index (κ2) is 4.97. The first kappa shape index (κ1) is 13.2. The van der Waals surface area contributed by atoms with Crippen molar-refractivity contribution in [1.82, 2.24) is 10.1 Å². The average molecular weight is 288 g/mol. The molecule has 0 fully saturated rings. The quantitative estimate of drug-likeness (QED) is 0.781. The van der Waals surface area contributed by atoms with E-state index in [0.29, 0.717) is 11.1 Å². The average Bonchev–Trinajstić information content (AvgIpc) is 2.94. The molecule has 0 saturated heterocycles. The van der Waals surface area contributed by atoms with Gasteiger partial charge >= 0.3 is 0 Å². The highest BCUT2D eigenvalue weighted by molar-refractivity contribution is 5.61. The molecule has 1 heterocycles. The van der Waals surface area contributed by atoms with Crippen LogP contribution in [0.5, 0.6) is 5.75 Å². The Balaban J connectivity index is 1.99. The van der Waals surface area contributed by atoms with Crippen molar-refractivity contribution in [1.29, 1.82) is 0 Å². The maximum absolute atomic E-state index is 13.2. The Labute approximate surface area is 118 Å². The second-order valence-electron chi connectivity index (χ2n) is 4.55. The van der Waals surface area contributed by atoms with Gasteiger partial charge < -0.3 is 9.63 Å². The fourth-order valence-electron chi connectivity index (χ4n) is 1.84. The van der Waals surface area contributed by atoms with E-state index in [1.807, 2.05) is 0 Å². The van der Waals surface area contributed by atoms with Gasteiger partial charge in [-0.15, -0.1) is 0 Å². The van der Waals surface area contributed by atoms with E-state index in [4.69, 9.17) is 4.52 Å². The Bertz CT molecular complexity index is 749. The summed E-state index contributed by atoms with van der Waals surface area (Å²) in [7, 11) is 0. The van der Waals surface area contributed by atoms with E-state index in [-0.39, 0.29) is 17.5 Å². The number of rotatable bonds is 2. The molecule has 0 aliphatic rings. The van der Waals surface area contributed by atoms with Crippen molar-refractivity contribution in [2.75, 3.05) is 0 Å². The number of aromatic hydroxyl groups is 1. The minimum Gasteiger partial charge on any atom is -0.508 e. The molecule has 0 aliphatic carbocycles. The molecule has 3 rings (SSSR count). The second-order valence-corrected chi connectivity index (χ2v) is 4.55. The first-order valence-corrected chi connectivity index (χ1v) is 6.14. The van der Waals surface area contributed by atoms with Crippen molar-refractivity contribution in [3.63, 3.8) is 0 Å². The molecule has 0 spiro atoms. The monoisotopic (exact) mass is 288 g/mol. The first-order chi connectivity index (χ1) is 10.0. The van der Waals surface area contributed by atoms with E-state index in [2.05, 4.69) is 10.1 Å². The predicted octanol–water partition coefficient (Wildman–Crippen LogP) is 3.70. The summed E-state index contributed by atoms with van der Waals surface area (Å²) in [6, 6.07) is 8.29. The molecule has 0 saturated carbocycles. The zero-order valence-corrected chi connectivity index (χ0v) is 11.0. The smallest absolute Gasteiger partial charge is 0.258 e. The van der Waals surface area contributed by atoms with Gasteiger partial charge in [-0.3, -0.25) is 0 Å². The lowest BCUT2D eigenvalue weighted by Crippen LogP contribution is -1.87. The van der Waals surface area contributed by atoms with Crippen LogP contribution in [0.4, 0.5) is 8.78 Å². The predicted molar refractivity (Wildman–Crippen MR) is 71.5 cm³/mol. The molecule has 2 aromatic carbocycles. The fourth-order valence-corrected chi connectivity index (χ4v) is 1.84. The molecule has 0 bridgehead atoms. The normalized spacial score (nSPS) is 10.8. The zero-order chi connectivity index (χ0) is 15.0. The van der Waals surface area contributed by atoms with Crippen LogP contribution in [-0.4, -0.2) is 15.2 Å². The van der Waals surface area contributed by atoms with Crippen LogP contribution >= 0.6 is 0 Å². The van der Waals surface area contributed by atoms with Gasteiger partial charge in [0.15, 0.2) is 11.6 Å². The summed E-state index contributed by atoms with van der Waals surface area (Å²) in [5.74, 6) is -1.48. The van der Waals surface area contributed by atoms with E-state index in [9.17, 15) is 13.9 Å². The maximum Gasteiger partial charge on any atom is 0.258 e. The van der Waals surface area contributed by atoms with Crippen LogP contribution in [-0.2, 0) is 0 Å². The van der Waals surface area contributed by atoms with Gasteiger partial charge in [-0.25, -0.2) is 8.78 Å². The Kier molecular flexibility index (Phi) is 3.13. The fraction of sp³-hybridized carbons (Fsp3) is 0.0667. The molecule has 0 radical (unpaired) electrons. The van der Waals surface area contributed by atoms with Gasteiger partial charge in [0.05, 0.1) is 0 Å².